The lowest BCUT2D eigenvalue weighted by Gasteiger charge is -2.43. The van der Waals surface area contributed by atoms with E-state index in [9.17, 15) is 24.3 Å². The van der Waals surface area contributed by atoms with Crippen molar-refractivity contribution in [2.24, 2.45) is 0 Å². The molecule has 9 nitrogen and oxygen atoms in total. The minimum absolute atomic E-state index is 0.119. The number of nitrogens with zero attached hydrogens (tertiary/aromatic N) is 1. The lowest BCUT2D eigenvalue weighted by Crippen LogP contribution is -2.62. The number of fused-ring (bicyclic) bond motifs is 1. The number of amides is 2. The highest BCUT2D eigenvalue weighted by Crippen LogP contribution is 2.28. The zero-order valence-corrected chi connectivity index (χ0v) is 18.0. The molecule has 1 aromatic carbocycles. The van der Waals surface area contributed by atoms with Crippen LogP contribution >= 0.6 is 11.6 Å². The number of piperidine rings is 1. The Labute approximate surface area is 189 Å². The maximum atomic E-state index is 13.6. The molecule has 0 radical (unpaired) electrons. The lowest BCUT2D eigenvalue weighted by atomic mass is 9.89. The van der Waals surface area contributed by atoms with Crippen LogP contribution in [0.2, 0.25) is 5.02 Å². The second-order valence-corrected chi connectivity index (χ2v) is 8.65. The first-order chi connectivity index (χ1) is 15.3. The Morgan fingerprint density at radius 2 is 1.91 bits per heavy atom. The normalized spacial score (nSPS) is 30.2. The summed E-state index contributed by atoms with van der Waals surface area (Å²) in [7, 11) is 0. The van der Waals surface area contributed by atoms with Crippen LogP contribution in [0.15, 0.2) is 36.4 Å². The standard InChI is InChI=1S/C22H24ClN3O6/c23-12-4-3-5-13(8-12)24-16-7-2-1-6-14-9-15(27)10-18(26(14)21(16)30)20(29)25-17-11-19(28)32-22(17)31/h1-5,8,14,16-18,22,24,31H,6-7,9-11H2,(H,25,29)/t14-,16-,17?,18-,22?/m0/s1. The first kappa shape index (κ1) is 22.3. The van der Waals surface area contributed by atoms with Crippen LogP contribution in [-0.4, -0.2) is 64.0 Å². The number of rotatable bonds is 4. The van der Waals surface area contributed by atoms with Crippen molar-refractivity contribution in [3.05, 3.63) is 41.4 Å². The average molecular weight is 462 g/mol. The Hall–Kier alpha value is -2.91. The fraction of sp³-hybridized carbons (Fsp3) is 0.455. The summed E-state index contributed by atoms with van der Waals surface area (Å²) in [6.45, 7) is 0. The molecule has 32 heavy (non-hydrogen) atoms. The molecule has 0 aromatic heterocycles. The molecular formula is C22H24ClN3O6. The topological polar surface area (TPSA) is 125 Å². The zero-order chi connectivity index (χ0) is 22.8. The van der Waals surface area contributed by atoms with Crippen molar-refractivity contribution in [1.29, 1.82) is 0 Å². The number of Topliss-reactive ketones (excluding diaryl/α,β-unsaturated/α-hetero) is 1. The molecule has 0 spiro atoms. The number of cyclic esters (lactones) is 1. The third-order valence-electron chi connectivity index (χ3n) is 5.89. The van der Waals surface area contributed by atoms with Gasteiger partial charge in [-0.1, -0.05) is 29.8 Å². The molecule has 4 rings (SSSR count). The average Bonchev–Trinajstić information content (AvgIpc) is 3.05. The number of aliphatic hydroxyl groups is 1. The number of nitrogens with one attached hydrogen (secondary N) is 2. The molecular weight excluding hydrogens is 438 g/mol. The highest BCUT2D eigenvalue weighted by atomic mass is 35.5. The van der Waals surface area contributed by atoms with Crippen LogP contribution in [0.3, 0.4) is 0 Å². The lowest BCUT2D eigenvalue weighted by molar-refractivity contribution is -0.156. The van der Waals surface area contributed by atoms with E-state index in [-0.39, 0.29) is 31.0 Å². The SMILES string of the molecule is O=C1C[C@@H]2CC=CC[C@H](Nc3cccc(Cl)c3)C(=O)N2[C@H](C(=O)NC2CC(=O)OC2O)C1. The largest absolute Gasteiger partial charge is 0.434 e. The van der Waals surface area contributed by atoms with Crippen LogP contribution < -0.4 is 10.6 Å². The Morgan fingerprint density at radius 1 is 1.12 bits per heavy atom. The first-order valence-electron chi connectivity index (χ1n) is 10.5. The van der Waals surface area contributed by atoms with Crippen LogP contribution in [0.5, 0.6) is 0 Å². The van der Waals surface area contributed by atoms with Gasteiger partial charge in [-0.05, 0) is 31.0 Å². The number of anilines is 1. The number of benzene rings is 1. The summed E-state index contributed by atoms with van der Waals surface area (Å²) in [5.74, 6) is -1.64. The summed E-state index contributed by atoms with van der Waals surface area (Å²) in [6, 6.07) is 3.93. The fourth-order valence-electron chi connectivity index (χ4n) is 4.38. The van der Waals surface area contributed by atoms with Gasteiger partial charge in [-0.15, -0.1) is 0 Å². The van der Waals surface area contributed by atoms with E-state index < -0.39 is 42.3 Å². The van der Waals surface area contributed by atoms with Gasteiger partial charge in [0.05, 0.1) is 6.42 Å². The van der Waals surface area contributed by atoms with E-state index in [1.54, 1.807) is 24.3 Å². The second-order valence-electron chi connectivity index (χ2n) is 8.21. The van der Waals surface area contributed by atoms with Crippen LogP contribution in [0.1, 0.15) is 32.1 Å². The summed E-state index contributed by atoms with van der Waals surface area (Å²) in [4.78, 5) is 51.9. The second kappa shape index (κ2) is 9.30. The van der Waals surface area contributed by atoms with Crippen LogP contribution in [0.25, 0.3) is 0 Å². The van der Waals surface area contributed by atoms with E-state index >= 15 is 0 Å². The Kier molecular flexibility index (Phi) is 6.48. The number of carbonyl (C=O) groups is 4. The molecule has 10 heteroatoms. The zero-order valence-electron chi connectivity index (χ0n) is 17.2. The van der Waals surface area contributed by atoms with Gasteiger partial charge in [0.2, 0.25) is 18.1 Å². The minimum atomic E-state index is -1.45. The van der Waals surface area contributed by atoms with Gasteiger partial charge in [-0.3, -0.25) is 19.2 Å². The highest BCUT2D eigenvalue weighted by molar-refractivity contribution is 6.30. The molecule has 170 valence electrons. The fourth-order valence-corrected chi connectivity index (χ4v) is 4.57. The maximum absolute atomic E-state index is 13.6. The molecule has 3 aliphatic rings. The van der Waals surface area contributed by atoms with Crippen LogP contribution in [0, 0.1) is 0 Å². The quantitative estimate of drug-likeness (QED) is 0.453. The van der Waals surface area contributed by atoms with E-state index in [4.69, 9.17) is 11.6 Å². The van der Waals surface area contributed by atoms with Gasteiger partial charge in [-0.25, -0.2) is 0 Å². The van der Waals surface area contributed by atoms with Gasteiger partial charge in [0.15, 0.2) is 0 Å². The van der Waals surface area contributed by atoms with E-state index in [1.165, 1.54) is 4.90 Å². The summed E-state index contributed by atoms with van der Waals surface area (Å²) >= 11 is 6.06. The highest BCUT2D eigenvalue weighted by Gasteiger charge is 2.45. The smallest absolute Gasteiger partial charge is 0.310 e. The molecule has 0 saturated carbocycles. The number of ether oxygens (including phenoxy) is 1. The molecule has 3 N–H and O–H groups in total. The number of ketones is 1. The summed E-state index contributed by atoms with van der Waals surface area (Å²) in [5, 5.41) is 16.1. The first-order valence-corrected chi connectivity index (χ1v) is 10.9. The third-order valence-corrected chi connectivity index (χ3v) is 6.13. The van der Waals surface area contributed by atoms with Crippen LogP contribution in [-0.2, 0) is 23.9 Å². The summed E-state index contributed by atoms with van der Waals surface area (Å²) in [5.41, 5.74) is 0.667. The molecule has 0 aliphatic carbocycles. The van der Waals surface area contributed by atoms with E-state index in [0.717, 1.165) is 0 Å². The monoisotopic (exact) mass is 461 g/mol. The molecule has 2 unspecified atom stereocenters. The van der Waals surface area contributed by atoms with Gasteiger partial charge < -0.3 is 25.4 Å². The van der Waals surface area contributed by atoms with Gasteiger partial charge in [-0.2, -0.15) is 0 Å². The number of hydrogen-bond acceptors (Lipinski definition) is 7. The molecule has 2 fully saturated rings. The maximum Gasteiger partial charge on any atom is 0.310 e. The molecule has 2 amide bonds. The Balaban J connectivity index is 1.57. The van der Waals surface area contributed by atoms with Crippen molar-refractivity contribution in [3.8, 4) is 0 Å². The number of esters is 1. The number of hydrogen-bond donors (Lipinski definition) is 3. The third kappa shape index (κ3) is 4.78. The molecule has 0 bridgehead atoms. The van der Waals surface area contributed by atoms with E-state index in [0.29, 0.717) is 23.6 Å². The van der Waals surface area contributed by atoms with Crippen molar-refractivity contribution in [3.63, 3.8) is 0 Å². The Bertz CT molecular complexity index is 967. The Morgan fingerprint density at radius 3 is 2.62 bits per heavy atom. The van der Waals surface area contributed by atoms with Gasteiger partial charge in [0, 0.05) is 29.6 Å². The van der Waals surface area contributed by atoms with Crippen molar-refractivity contribution in [2.75, 3.05) is 5.32 Å². The molecule has 2 saturated heterocycles. The van der Waals surface area contributed by atoms with E-state index in [1.807, 2.05) is 12.2 Å². The molecule has 3 heterocycles. The van der Waals surface area contributed by atoms with Gasteiger partial charge in [0.1, 0.15) is 23.9 Å². The molecule has 5 atom stereocenters. The van der Waals surface area contributed by atoms with Gasteiger partial charge in [0.25, 0.3) is 0 Å². The summed E-state index contributed by atoms with van der Waals surface area (Å²) < 4.78 is 4.67. The number of halogens is 1. The molecule has 3 aliphatic heterocycles. The van der Waals surface area contributed by atoms with Crippen LogP contribution in [0.4, 0.5) is 5.69 Å². The summed E-state index contributed by atoms with van der Waals surface area (Å²) in [6.07, 6.45) is 3.08. The number of carbonyl (C=O) groups excluding carboxylic acids is 4. The minimum Gasteiger partial charge on any atom is -0.434 e. The number of aliphatic hydroxyl groups excluding tert-OH is 1. The van der Waals surface area contributed by atoms with Crippen molar-refractivity contribution in [2.45, 2.75) is 62.6 Å². The van der Waals surface area contributed by atoms with Gasteiger partial charge >= 0.3 is 5.97 Å². The van der Waals surface area contributed by atoms with Crippen molar-refractivity contribution < 1.29 is 29.0 Å². The van der Waals surface area contributed by atoms with E-state index in [2.05, 4.69) is 15.4 Å². The predicted octanol–water partition coefficient (Wildman–Crippen LogP) is 1.15. The molecule has 1 aromatic rings. The predicted molar refractivity (Wildman–Crippen MR) is 115 cm³/mol. The van der Waals surface area contributed by atoms with Crippen molar-refractivity contribution in [1.82, 2.24) is 10.2 Å². The van der Waals surface area contributed by atoms with Crippen molar-refractivity contribution >= 4 is 40.9 Å².